The van der Waals surface area contributed by atoms with Crippen LogP contribution >= 0.6 is 0 Å². The number of rotatable bonds is 4. The summed E-state index contributed by atoms with van der Waals surface area (Å²) in [7, 11) is 0. The standard InChI is InChI=1S/C12H19N3O2/c1-8(12(2,3)17)14-9-5-4-6-10(7-9)15-11(13)16/h4-8,14,17H,1-3H3,(H3,13,15,16). The Balaban J connectivity index is 2.75. The number of hydrogen-bond donors (Lipinski definition) is 4. The quantitative estimate of drug-likeness (QED) is 0.643. The third-order valence-electron chi connectivity index (χ3n) is 2.57. The molecule has 0 aliphatic rings. The number of aliphatic hydroxyl groups is 1. The molecule has 0 fully saturated rings. The lowest BCUT2D eigenvalue weighted by Crippen LogP contribution is -2.39. The first kappa shape index (κ1) is 13.3. The smallest absolute Gasteiger partial charge is 0.316 e. The number of nitrogens with one attached hydrogen (secondary N) is 2. The van der Waals surface area contributed by atoms with Crippen molar-refractivity contribution in [3.63, 3.8) is 0 Å². The normalized spacial score (nSPS) is 12.9. The van der Waals surface area contributed by atoms with Gasteiger partial charge in [-0.1, -0.05) is 6.07 Å². The van der Waals surface area contributed by atoms with E-state index in [0.717, 1.165) is 5.69 Å². The summed E-state index contributed by atoms with van der Waals surface area (Å²) < 4.78 is 0. The Morgan fingerprint density at radius 2 is 2.00 bits per heavy atom. The molecule has 0 bridgehead atoms. The minimum Gasteiger partial charge on any atom is -0.388 e. The summed E-state index contributed by atoms with van der Waals surface area (Å²) in [5, 5.41) is 15.5. The van der Waals surface area contributed by atoms with Crippen LogP contribution in [-0.4, -0.2) is 22.8 Å². The van der Waals surface area contributed by atoms with Crippen LogP contribution in [0.5, 0.6) is 0 Å². The van der Waals surface area contributed by atoms with Gasteiger partial charge in [0, 0.05) is 11.4 Å². The molecule has 1 aromatic carbocycles. The lowest BCUT2D eigenvalue weighted by Gasteiger charge is -2.27. The number of hydrogen-bond acceptors (Lipinski definition) is 3. The zero-order chi connectivity index (χ0) is 13.1. The van der Waals surface area contributed by atoms with E-state index < -0.39 is 11.6 Å². The lowest BCUT2D eigenvalue weighted by molar-refractivity contribution is 0.0649. The highest BCUT2D eigenvalue weighted by Crippen LogP contribution is 2.19. The van der Waals surface area contributed by atoms with E-state index in [1.54, 1.807) is 32.0 Å². The van der Waals surface area contributed by atoms with Gasteiger partial charge >= 0.3 is 6.03 Å². The fourth-order valence-corrected chi connectivity index (χ4v) is 1.26. The van der Waals surface area contributed by atoms with Crippen LogP contribution in [0.15, 0.2) is 24.3 Å². The molecule has 0 aliphatic heterocycles. The highest BCUT2D eigenvalue weighted by molar-refractivity contribution is 5.88. The van der Waals surface area contributed by atoms with Gasteiger partial charge in [-0.25, -0.2) is 4.79 Å². The second kappa shape index (κ2) is 5.05. The lowest BCUT2D eigenvalue weighted by atomic mass is 10.0. The highest BCUT2D eigenvalue weighted by atomic mass is 16.3. The van der Waals surface area contributed by atoms with E-state index in [1.165, 1.54) is 0 Å². The maximum absolute atomic E-state index is 10.7. The largest absolute Gasteiger partial charge is 0.388 e. The second-order valence-electron chi connectivity index (χ2n) is 4.59. The summed E-state index contributed by atoms with van der Waals surface area (Å²) in [6.07, 6.45) is 0. The van der Waals surface area contributed by atoms with Crippen molar-refractivity contribution in [3.8, 4) is 0 Å². The molecule has 0 aromatic heterocycles. The molecule has 5 N–H and O–H groups in total. The minimum absolute atomic E-state index is 0.119. The van der Waals surface area contributed by atoms with E-state index in [2.05, 4.69) is 10.6 Å². The maximum Gasteiger partial charge on any atom is 0.316 e. The monoisotopic (exact) mass is 237 g/mol. The molecular weight excluding hydrogens is 218 g/mol. The molecular formula is C12H19N3O2. The van der Waals surface area contributed by atoms with Crippen molar-refractivity contribution in [3.05, 3.63) is 24.3 Å². The third-order valence-corrected chi connectivity index (χ3v) is 2.57. The van der Waals surface area contributed by atoms with E-state index >= 15 is 0 Å². The van der Waals surface area contributed by atoms with Gasteiger partial charge in [0.05, 0.1) is 11.6 Å². The van der Waals surface area contributed by atoms with Gasteiger partial charge in [-0.05, 0) is 39.0 Å². The number of amides is 2. The molecule has 94 valence electrons. The number of carbonyl (C=O) groups is 1. The molecule has 1 atom stereocenters. The van der Waals surface area contributed by atoms with E-state index in [1.807, 2.05) is 13.0 Å². The molecule has 0 heterocycles. The molecule has 0 spiro atoms. The van der Waals surface area contributed by atoms with E-state index in [9.17, 15) is 9.90 Å². The van der Waals surface area contributed by atoms with Gasteiger partial charge in [0.15, 0.2) is 0 Å². The zero-order valence-electron chi connectivity index (χ0n) is 10.3. The SMILES string of the molecule is CC(Nc1cccc(NC(N)=O)c1)C(C)(C)O. The number of urea groups is 1. The summed E-state index contributed by atoms with van der Waals surface area (Å²) >= 11 is 0. The van der Waals surface area contributed by atoms with Crippen molar-refractivity contribution < 1.29 is 9.90 Å². The number of anilines is 2. The van der Waals surface area contributed by atoms with Gasteiger partial charge in [-0.2, -0.15) is 0 Å². The van der Waals surface area contributed by atoms with Crippen LogP contribution in [0.2, 0.25) is 0 Å². The van der Waals surface area contributed by atoms with Gasteiger partial charge in [0.1, 0.15) is 0 Å². The van der Waals surface area contributed by atoms with E-state index in [-0.39, 0.29) is 6.04 Å². The molecule has 2 amide bonds. The van der Waals surface area contributed by atoms with E-state index in [0.29, 0.717) is 5.69 Å². The molecule has 1 aromatic rings. The molecule has 0 saturated heterocycles. The topological polar surface area (TPSA) is 87.4 Å². The summed E-state index contributed by atoms with van der Waals surface area (Å²) in [6, 6.07) is 6.43. The van der Waals surface area contributed by atoms with Gasteiger partial charge in [-0.3, -0.25) is 0 Å². The molecule has 0 aliphatic carbocycles. The van der Waals surface area contributed by atoms with Crippen LogP contribution in [0, 0.1) is 0 Å². The Labute approximate surface area is 101 Å². The molecule has 17 heavy (non-hydrogen) atoms. The van der Waals surface area contributed by atoms with Crippen LogP contribution in [-0.2, 0) is 0 Å². The fraction of sp³-hybridized carbons (Fsp3) is 0.417. The predicted molar refractivity (Wildman–Crippen MR) is 69.0 cm³/mol. The third kappa shape index (κ3) is 4.32. The first-order valence-corrected chi connectivity index (χ1v) is 5.44. The molecule has 0 radical (unpaired) electrons. The Kier molecular flexibility index (Phi) is 3.96. The average Bonchev–Trinajstić information content (AvgIpc) is 2.15. The molecule has 1 rings (SSSR count). The molecule has 0 saturated carbocycles. The van der Waals surface area contributed by atoms with Gasteiger partial charge in [0.25, 0.3) is 0 Å². The van der Waals surface area contributed by atoms with Crippen molar-refractivity contribution in [1.82, 2.24) is 0 Å². The van der Waals surface area contributed by atoms with Crippen LogP contribution in [0.1, 0.15) is 20.8 Å². The summed E-state index contributed by atoms with van der Waals surface area (Å²) in [4.78, 5) is 10.7. The molecule has 5 heteroatoms. The van der Waals surface area contributed by atoms with Crippen LogP contribution < -0.4 is 16.4 Å². The highest BCUT2D eigenvalue weighted by Gasteiger charge is 2.21. The number of nitrogens with two attached hydrogens (primary N) is 1. The summed E-state index contributed by atoms with van der Waals surface area (Å²) in [5.41, 5.74) is 5.64. The van der Waals surface area contributed by atoms with Crippen molar-refractivity contribution in [2.45, 2.75) is 32.4 Å². The van der Waals surface area contributed by atoms with Crippen molar-refractivity contribution >= 4 is 17.4 Å². The Bertz CT molecular complexity index is 399. The average molecular weight is 237 g/mol. The van der Waals surface area contributed by atoms with Crippen molar-refractivity contribution in [2.24, 2.45) is 5.73 Å². The van der Waals surface area contributed by atoms with Crippen molar-refractivity contribution in [1.29, 1.82) is 0 Å². The minimum atomic E-state index is -0.826. The Hall–Kier alpha value is -1.75. The Morgan fingerprint density at radius 1 is 1.41 bits per heavy atom. The number of carbonyl (C=O) groups excluding carboxylic acids is 1. The predicted octanol–water partition coefficient (Wildman–Crippen LogP) is 1.75. The van der Waals surface area contributed by atoms with Gasteiger partial charge in [0.2, 0.25) is 0 Å². The van der Waals surface area contributed by atoms with Crippen molar-refractivity contribution in [2.75, 3.05) is 10.6 Å². The zero-order valence-corrected chi connectivity index (χ0v) is 10.3. The van der Waals surface area contributed by atoms with Gasteiger partial charge < -0.3 is 21.5 Å². The number of primary amides is 1. The second-order valence-corrected chi connectivity index (χ2v) is 4.59. The van der Waals surface area contributed by atoms with Gasteiger partial charge in [-0.15, -0.1) is 0 Å². The van der Waals surface area contributed by atoms with Crippen LogP contribution in [0.4, 0.5) is 16.2 Å². The number of benzene rings is 1. The first-order chi connectivity index (χ1) is 7.79. The van der Waals surface area contributed by atoms with E-state index in [4.69, 9.17) is 5.73 Å². The summed E-state index contributed by atoms with van der Waals surface area (Å²) in [5.74, 6) is 0. The van der Waals surface area contributed by atoms with Crippen LogP contribution in [0.25, 0.3) is 0 Å². The Morgan fingerprint density at radius 3 is 2.53 bits per heavy atom. The van der Waals surface area contributed by atoms with Crippen LogP contribution in [0.3, 0.4) is 0 Å². The molecule has 1 unspecified atom stereocenters. The first-order valence-electron chi connectivity index (χ1n) is 5.44. The summed E-state index contributed by atoms with van der Waals surface area (Å²) in [6.45, 7) is 5.35. The fourth-order valence-electron chi connectivity index (χ4n) is 1.26. The maximum atomic E-state index is 10.7. The molecule has 5 nitrogen and oxygen atoms in total.